The predicted molar refractivity (Wildman–Crippen MR) is 65.0 cm³/mol. The number of aromatic nitrogens is 1. The average Bonchev–Trinajstić information content (AvgIpc) is 2.38. The third kappa shape index (κ3) is 2.19. The van der Waals surface area contributed by atoms with Gasteiger partial charge in [0, 0.05) is 24.1 Å². The second kappa shape index (κ2) is 4.80. The number of hydrogen-bond donors (Lipinski definition) is 0. The molecule has 0 bridgehead atoms. The molecule has 0 atom stereocenters. The Bertz CT molecular complexity index is 570. The van der Waals surface area contributed by atoms with E-state index in [0.29, 0.717) is 10.3 Å². The molecular weight excluding hydrogens is 236 g/mol. The summed E-state index contributed by atoms with van der Waals surface area (Å²) in [6.07, 6.45) is 1.34. The molecule has 2 aromatic rings. The number of amides is 1. The van der Waals surface area contributed by atoms with Gasteiger partial charge in [0.2, 0.25) is 5.69 Å². The minimum atomic E-state index is -0.580. The zero-order valence-electron chi connectivity index (χ0n) is 8.74. The van der Waals surface area contributed by atoms with Gasteiger partial charge < -0.3 is 5.21 Å². The molecule has 84 valence electrons. The molecule has 0 aliphatic carbocycles. The maximum Gasteiger partial charge on any atom is 0.295 e. The number of carbonyl (C=O) groups is 1. The Morgan fingerprint density at radius 3 is 2.53 bits per heavy atom. The number of benzene rings is 1. The van der Waals surface area contributed by atoms with Crippen LogP contribution in [0.25, 0.3) is 11.3 Å². The van der Waals surface area contributed by atoms with E-state index in [2.05, 4.69) is 16.8 Å². The lowest BCUT2D eigenvalue weighted by Crippen LogP contribution is -2.30. The summed E-state index contributed by atoms with van der Waals surface area (Å²) in [5, 5.41) is 11.7. The van der Waals surface area contributed by atoms with Crippen molar-refractivity contribution in [2.45, 2.75) is 0 Å². The molecule has 0 radical (unpaired) electrons. The van der Waals surface area contributed by atoms with Gasteiger partial charge in [-0.05, 0) is 18.2 Å². The van der Waals surface area contributed by atoms with Crippen LogP contribution in [0.5, 0.6) is 0 Å². The summed E-state index contributed by atoms with van der Waals surface area (Å²) in [6, 6.07) is 12.0. The zero-order chi connectivity index (χ0) is 12.3. The van der Waals surface area contributed by atoms with E-state index in [4.69, 9.17) is 0 Å². The third-order valence-electron chi connectivity index (χ3n) is 2.32. The molecule has 1 aromatic carbocycles. The monoisotopic (exact) mass is 244 g/mol. The van der Waals surface area contributed by atoms with Crippen LogP contribution in [0.4, 0.5) is 0 Å². The van der Waals surface area contributed by atoms with Crippen molar-refractivity contribution in [1.29, 1.82) is 0 Å². The number of hydrogen-bond acceptors (Lipinski definition) is 3. The van der Waals surface area contributed by atoms with Crippen molar-refractivity contribution in [2.24, 2.45) is 4.36 Å². The summed E-state index contributed by atoms with van der Waals surface area (Å²) < 4.78 is 3.82. The van der Waals surface area contributed by atoms with E-state index in [1.165, 1.54) is 18.3 Å². The molecular formula is C12H8N2O2S. The van der Waals surface area contributed by atoms with Gasteiger partial charge in [-0.3, -0.25) is 4.79 Å². The summed E-state index contributed by atoms with van der Waals surface area (Å²) in [5.41, 5.74) is 1.14. The molecule has 0 spiro atoms. The Kier molecular flexibility index (Phi) is 3.20. The number of pyridine rings is 1. The molecule has 1 aromatic heterocycles. The van der Waals surface area contributed by atoms with Crippen LogP contribution in [0.3, 0.4) is 0 Å². The van der Waals surface area contributed by atoms with Crippen molar-refractivity contribution in [3.8, 4) is 11.3 Å². The van der Waals surface area contributed by atoms with Gasteiger partial charge in [0.05, 0.1) is 0 Å². The highest BCUT2D eigenvalue weighted by Gasteiger charge is 2.19. The van der Waals surface area contributed by atoms with Crippen molar-refractivity contribution >= 4 is 18.3 Å². The van der Waals surface area contributed by atoms with E-state index in [1.807, 2.05) is 6.07 Å². The largest absolute Gasteiger partial charge is 0.618 e. The fourth-order valence-corrected chi connectivity index (χ4v) is 1.69. The normalized spacial score (nSPS) is 9.88. The predicted octanol–water partition coefficient (Wildman–Crippen LogP) is 1.86. The highest BCUT2D eigenvalue weighted by molar-refractivity contribution is 7.47. The standard InChI is InChI=1S/C12H8N2O2S/c15-12(13-17)10-7-4-8-14(16)11(10)9-5-2-1-3-6-9/h1-8H. The van der Waals surface area contributed by atoms with Crippen molar-refractivity contribution in [2.75, 3.05) is 0 Å². The number of carbonyl (C=O) groups excluding carboxylic acids is 1. The molecule has 2 rings (SSSR count). The van der Waals surface area contributed by atoms with Gasteiger partial charge in [-0.15, -0.1) is 4.36 Å². The summed E-state index contributed by atoms with van der Waals surface area (Å²) >= 11 is 4.37. The molecule has 1 amide bonds. The van der Waals surface area contributed by atoms with Crippen molar-refractivity contribution in [3.63, 3.8) is 0 Å². The van der Waals surface area contributed by atoms with Gasteiger partial charge in [-0.2, -0.15) is 4.73 Å². The van der Waals surface area contributed by atoms with E-state index in [0.717, 1.165) is 0 Å². The van der Waals surface area contributed by atoms with Crippen molar-refractivity contribution in [1.82, 2.24) is 0 Å². The number of nitrogens with zero attached hydrogens (tertiary/aromatic N) is 2. The summed E-state index contributed by atoms with van der Waals surface area (Å²) in [4.78, 5) is 11.5. The molecule has 0 saturated carbocycles. The maximum atomic E-state index is 11.7. The van der Waals surface area contributed by atoms with E-state index in [9.17, 15) is 10.0 Å². The molecule has 4 nitrogen and oxygen atoms in total. The van der Waals surface area contributed by atoms with Gasteiger partial charge in [-0.1, -0.05) is 18.2 Å². The summed E-state index contributed by atoms with van der Waals surface area (Å²) in [6.45, 7) is 0. The van der Waals surface area contributed by atoms with E-state index >= 15 is 0 Å². The maximum absolute atomic E-state index is 11.7. The highest BCUT2D eigenvalue weighted by atomic mass is 32.1. The van der Waals surface area contributed by atoms with Crippen LogP contribution in [-0.4, -0.2) is 5.91 Å². The van der Waals surface area contributed by atoms with Crippen LogP contribution in [0.1, 0.15) is 10.4 Å². The number of rotatable bonds is 2. The van der Waals surface area contributed by atoms with Crippen LogP contribution < -0.4 is 4.73 Å². The highest BCUT2D eigenvalue weighted by Crippen LogP contribution is 2.19. The molecule has 0 saturated heterocycles. The minimum absolute atomic E-state index is 0.212. The van der Waals surface area contributed by atoms with Gasteiger partial charge >= 0.3 is 0 Å². The molecule has 0 aliphatic heterocycles. The molecule has 0 N–H and O–H groups in total. The van der Waals surface area contributed by atoms with Crippen LogP contribution >= 0.6 is 0 Å². The van der Waals surface area contributed by atoms with Gasteiger partial charge in [-0.25, -0.2) is 0 Å². The Morgan fingerprint density at radius 2 is 1.88 bits per heavy atom. The SMILES string of the molecule is O=C(N=S)c1ccc[n+]([O-])c1-c1ccccc1. The smallest absolute Gasteiger partial charge is 0.295 e. The fourth-order valence-electron chi connectivity index (χ4n) is 1.59. The van der Waals surface area contributed by atoms with Crippen LogP contribution in [0.15, 0.2) is 53.0 Å². The Balaban J connectivity index is 2.68. The van der Waals surface area contributed by atoms with E-state index < -0.39 is 5.91 Å². The first-order valence-corrected chi connectivity index (χ1v) is 5.26. The first-order valence-electron chi connectivity index (χ1n) is 4.89. The first-order chi connectivity index (χ1) is 8.24. The lowest BCUT2D eigenvalue weighted by atomic mass is 10.1. The molecule has 0 unspecified atom stereocenters. The van der Waals surface area contributed by atoms with Gasteiger partial charge in [0.15, 0.2) is 6.20 Å². The molecule has 17 heavy (non-hydrogen) atoms. The molecule has 0 fully saturated rings. The third-order valence-corrected chi connectivity index (χ3v) is 2.49. The average molecular weight is 244 g/mol. The summed E-state index contributed by atoms with van der Waals surface area (Å²) in [5.74, 6) is -0.580. The quantitative estimate of drug-likeness (QED) is 0.598. The molecule has 1 heterocycles. The Hall–Kier alpha value is -2.14. The molecule has 0 aliphatic rings. The van der Waals surface area contributed by atoms with Crippen LogP contribution in [0.2, 0.25) is 0 Å². The fraction of sp³-hybridized carbons (Fsp3) is 0. The van der Waals surface area contributed by atoms with Crippen molar-refractivity contribution in [3.05, 3.63) is 59.4 Å². The Labute approximate surface area is 103 Å². The minimum Gasteiger partial charge on any atom is -0.618 e. The van der Waals surface area contributed by atoms with E-state index in [-0.39, 0.29) is 11.3 Å². The Morgan fingerprint density at radius 1 is 1.18 bits per heavy atom. The van der Waals surface area contributed by atoms with Crippen LogP contribution in [-0.2, 0) is 12.4 Å². The van der Waals surface area contributed by atoms with Gasteiger partial charge in [0.1, 0.15) is 5.56 Å². The second-order valence-electron chi connectivity index (χ2n) is 3.36. The van der Waals surface area contributed by atoms with Crippen molar-refractivity contribution < 1.29 is 9.52 Å². The summed E-state index contributed by atoms with van der Waals surface area (Å²) in [7, 11) is 0. The lowest BCUT2D eigenvalue weighted by Gasteiger charge is -2.06. The van der Waals surface area contributed by atoms with Gasteiger partial charge in [0.25, 0.3) is 5.91 Å². The first kappa shape index (κ1) is 11.3. The van der Waals surface area contributed by atoms with E-state index in [1.54, 1.807) is 24.3 Å². The molecule has 5 heteroatoms. The zero-order valence-corrected chi connectivity index (χ0v) is 9.55. The van der Waals surface area contributed by atoms with Crippen LogP contribution in [0, 0.1) is 5.21 Å². The topological polar surface area (TPSA) is 56.4 Å². The second-order valence-corrected chi connectivity index (χ2v) is 3.54. The lowest BCUT2D eigenvalue weighted by molar-refractivity contribution is -0.593.